The van der Waals surface area contributed by atoms with Crippen LogP contribution in [-0.2, 0) is 16.1 Å². The van der Waals surface area contributed by atoms with E-state index in [1.165, 1.54) is 0 Å². The van der Waals surface area contributed by atoms with Gasteiger partial charge in [-0.05, 0) is 51.8 Å². The summed E-state index contributed by atoms with van der Waals surface area (Å²) >= 11 is 12.1. The van der Waals surface area contributed by atoms with Crippen LogP contribution in [-0.4, -0.2) is 28.3 Å². The Balaban J connectivity index is 3.03. The molecule has 24 heavy (non-hydrogen) atoms. The lowest BCUT2D eigenvalue weighted by molar-refractivity contribution is -0.141. The van der Waals surface area contributed by atoms with Crippen molar-refractivity contribution in [1.82, 2.24) is 10.2 Å². The van der Waals surface area contributed by atoms with Gasteiger partial charge in [0.15, 0.2) is 0 Å². The van der Waals surface area contributed by atoms with Crippen LogP contribution >= 0.6 is 23.2 Å². The lowest BCUT2D eigenvalue weighted by atomic mass is 10.1. The van der Waals surface area contributed by atoms with E-state index >= 15 is 0 Å². The minimum Gasteiger partial charge on any atom is -0.350 e. The summed E-state index contributed by atoms with van der Waals surface area (Å²) in [6, 6.07) is 4.56. The Bertz CT molecular complexity index is 597. The average Bonchev–Trinajstić information content (AvgIpc) is 2.44. The molecule has 1 aromatic rings. The van der Waals surface area contributed by atoms with Crippen LogP contribution in [0.3, 0.4) is 0 Å². The number of rotatable bonds is 6. The second-order valence-corrected chi connectivity index (χ2v) is 7.77. The summed E-state index contributed by atoms with van der Waals surface area (Å²) < 4.78 is 0. The van der Waals surface area contributed by atoms with Crippen molar-refractivity contribution in [2.45, 2.75) is 65.6 Å². The third-order valence-electron chi connectivity index (χ3n) is 3.49. The zero-order valence-corrected chi connectivity index (χ0v) is 16.5. The minimum atomic E-state index is -0.588. The molecule has 0 saturated heterocycles. The van der Waals surface area contributed by atoms with Crippen molar-refractivity contribution < 1.29 is 9.59 Å². The number of amides is 2. The summed E-state index contributed by atoms with van der Waals surface area (Å²) in [4.78, 5) is 26.6. The summed E-state index contributed by atoms with van der Waals surface area (Å²) in [5.41, 5.74) is 0.406. The highest BCUT2D eigenvalue weighted by atomic mass is 35.5. The van der Waals surface area contributed by atoms with Gasteiger partial charge in [0.1, 0.15) is 6.04 Å². The van der Waals surface area contributed by atoms with E-state index < -0.39 is 6.04 Å². The van der Waals surface area contributed by atoms with Crippen molar-refractivity contribution in [3.63, 3.8) is 0 Å². The first-order chi connectivity index (χ1) is 11.0. The van der Waals surface area contributed by atoms with Gasteiger partial charge in [-0.15, -0.1) is 0 Å². The fourth-order valence-corrected chi connectivity index (χ4v) is 2.72. The van der Waals surface area contributed by atoms with E-state index in [0.29, 0.717) is 16.5 Å². The molecule has 2 amide bonds. The number of nitrogens with zero attached hydrogens (tertiary/aromatic N) is 1. The van der Waals surface area contributed by atoms with Crippen molar-refractivity contribution in [1.29, 1.82) is 0 Å². The van der Waals surface area contributed by atoms with Crippen LogP contribution in [0.15, 0.2) is 18.2 Å². The fourth-order valence-electron chi connectivity index (χ4n) is 2.25. The Morgan fingerprint density at radius 1 is 1.25 bits per heavy atom. The molecule has 0 spiro atoms. The van der Waals surface area contributed by atoms with Crippen molar-refractivity contribution in [3.05, 3.63) is 33.8 Å². The van der Waals surface area contributed by atoms with Crippen molar-refractivity contribution in [2.75, 3.05) is 0 Å². The first kappa shape index (κ1) is 20.8. The summed E-state index contributed by atoms with van der Waals surface area (Å²) in [5, 5.41) is 3.94. The molecule has 134 valence electrons. The molecule has 4 nitrogen and oxygen atoms in total. The third-order valence-corrected chi connectivity index (χ3v) is 4.07. The SMILES string of the molecule is CCCC(=O)N(Cc1ccc(Cl)cc1Cl)[C@H](C)C(=O)NC(C)(C)C. The molecule has 0 aliphatic carbocycles. The molecule has 6 heteroatoms. The maximum absolute atomic E-state index is 12.5. The Morgan fingerprint density at radius 2 is 1.88 bits per heavy atom. The van der Waals surface area contributed by atoms with Gasteiger partial charge in [0.25, 0.3) is 0 Å². The number of halogens is 2. The number of carbonyl (C=O) groups excluding carboxylic acids is 2. The number of carbonyl (C=O) groups is 2. The molecule has 1 rings (SSSR count). The van der Waals surface area contributed by atoms with Crippen molar-refractivity contribution >= 4 is 35.0 Å². The number of hydrogen-bond donors (Lipinski definition) is 1. The van der Waals surface area contributed by atoms with Gasteiger partial charge >= 0.3 is 0 Å². The summed E-state index contributed by atoms with van der Waals surface area (Å²) in [6.45, 7) is 9.67. The molecule has 0 aliphatic heterocycles. The molecular formula is C18H26Cl2N2O2. The van der Waals surface area contributed by atoms with E-state index in [1.807, 2.05) is 27.7 Å². The molecule has 0 heterocycles. The molecule has 0 saturated carbocycles. The summed E-state index contributed by atoms with van der Waals surface area (Å²) in [7, 11) is 0. The van der Waals surface area contributed by atoms with Gasteiger partial charge in [-0.1, -0.05) is 36.2 Å². The van der Waals surface area contributed by atoms with Gasteiger partial charge in [0.2, 0.25) is 11.8 Å². The van der Waals surface area contributed by atoms with Crippen LogP contribution in [0.1, 0.15) is 53.0 Å². The van der Waals surface area contributed by atoms with E-state index in [-0.39, 0.29) is 23.9 Å². The zero-order chi connectivity index (χ0) is 18.5. The highest BCUT2D eigenvalue weighted by Gasteiger charge is 2.28. The van der Waals surface area contributed by atoms with Crippen LogP contribution in [0.5, 0.6) is 0 Å². The van der Waals surface area contributed by atoms with Gasteiger partial charge in [0, 0.05) is 28.5 Å². The average molecular weight is 373 g/mol. The topological polar surface area (TPSA) is 49.4 Å². The van der Waals surface area contributed by atoms with Crippen molar-refractivity contribution in [2.24, 2.45) is 0 Å². The fraction of sp³-hybridized carbons (Fsp3) is 0.556. The van der Waals surface area contributed by atoms with Crippen LogP contribution in [0.4, 0.5) is 0 Å². The predicted octanol–water partition coefficient (Wildman–Crippen LogP) is 4.43. The normalized spacial score (nSPS) is 12.6. The quantitative estimate of drug-likeness (QED) is 0.802. The molecular weight excluding hydrogens is 347 g/mol. The molecule has 0 aromatic heterocycles. The molecule has 0 fully saturated rings. The Kier molecular flexibility index (Phi) is 7.56. The smallest absolute Gasteiger partial charge is 0.242 e. The largest absolute Gasteiger partial charge is 0.350 e. The van der Waals surface area contributed by atoms with E-state index in [9.17, 15) is 9.59 Å². The summed E-state index contributed by atoms with van der Waals surface area (Å²) in [5.74, 6) is -0.253. The molecule has 1 N–H and O–H groups in total. The molecule has 1 aromatic carbocycles. The van der Waals surface area contributed by atoms with E-state index in [1.54, 1.807) is 30.0 Å². The Labute approximate surface area is 154 Å². The minimum absolute atomic E-state index is 0.0694. The zero-order valence-electron chi connectivity index (χ0n) is 15.0. The third kappa shape index (κ3) is 6.33. The first-order valence-corrected chi connectivity index (χ1v) is 8.86. The standard InChI is InChI=1S/C18H26Cl2N2O2/c1-6-7-16(23)22(12(2)17(24)21-18(3,4)5)11-13-8-9-14(19)10-15(13)20/h8-10,12H,6-7,11H2,1-5H3,(H,21,24)/t12-/m1/s1. The predicted molar refractivity (Wildman–Crippen MR) is 99.3 cm³/mol. The van der Waals surface area contributed by atoms with Gasteiger partial charge in [-0.2, -0.15) is 0 Å². The molecule has 0 radical (unpaired) electrons. The molecule has 0 aliphatic rings. The first-order valence-electron chi connectivity index (χ1n) is 8.10. The molecule has 0 bridgehead atoms. The van der Waals surface area contributed by atoms with Gasteiger partial charge in [-0.3, -0.25) is 9.59 Å². The number of hydrogen-bond acceptors (Lipinski definition) is 2. The van der Waals surface area contributed by atoms with Crippen LogP contribution in [0.2, 0.25) is 10.0 Å². The van der Waals surface area contributed by atoms with Crippen molar-refractivity contribution in [3.8, 4) is 0 Å². The van der Waals surface area contributed by atoms with E-state index in [4.69, 9.17) is 23.2 Å². The second kappa shape index (κ2) is 8.72. The van der Waals surface area contributed by atoms with Crippen LogP contribution in [0.25, 0.3) is 0 Å². The molecule has 1 atom stereocenters. The highest BCUT2D eigenvalue weighted by Crippen LogP contribution is 2.23. The van der Waals surface area contributed by atoms with Gasteiger partial charge in [-0.25, -0.2) is 0 Å². The highest BCUT2D eigenvalue weighted by molar-refractivity contribution is 6.35. The lowest BCUT2D eigenvalue weighted by Crippen LogP contribution is -2.52. The maximum Gasteiger partial charge on any atom is 0.242 e. The monoisotopic (exact) mass is 372 g/mol. The number of nitrogens with one attached hydrogen (secondary N) is 1. The van der Waals surface area contributed by atoms with E-state index in [2.05, 4.69) is 5.32 Å². The summed E-state index contributed by atoms with van der Waals surface area (Å²) in [6.07, 6.45) is 1.11. The maximum atomic E-state index is 12.5. The van der Waals surface area contributed by atoms with Gasteiger partial charge < -0.3 is 10.2 Å². The van der Waals surface area contributed by atoms with Crippen LogP contribution < -0.4 is 5.32 Å². The lowest BCUT2D eigenvalue weighted by Gasteiger charge is -2.31. The van der Waals surface area contributed by atoms with Crippen LogP contribution in [0, 0.1) is 0 Å². The molecule has 0 unspecified atom stereocenters. The Morgan fingerprint density at radius 3 is 2.38 bits per heavy atom. The van der Waals surface area contributed by atoms with E-state index in [0.717, 1.165) is 12.0 Å². The Hall–Kier alpha value is -1.26. The number of benzene rings is 1. The second-order valence-electron chi connectivity index (χ2n) is 6.92. The van der Waals surface area contributed by atoms with Gasteiger partial charge in [0.05, 0.1) is 0 Å².